The van der Waals surface area contributed by atoms with Crippen LogP contribution in [0.1, 0.15) is 66.2 Å². The fraction of sp³-hybridized carbons (Fsp3) is 1.00. The molecule has 2 saturated heterocycles. The second kappa shape index (κ2) is 5.08. The molecular formula is C15H29N. The fourth-order valence-electron chi connectivity index (χ4n) is 4.02. The third kappa shape index (κ3) is 2.45. The highest BCUT2D eigenvalue weighted by Crippen LogP contribution is 2.39. The average Bonchev–Trinajstić information content (AvgIpc) is 2.34. The summed E-state index contributed by atoms with van der Waals surface area (Å²) in [5, 5.41) is 0. The van der Waals surface area contributed by atoms with Gasteiger partial charge in [0.1, 0.15) is 0 Å². The highest BCUT2D eigenvalue weighted by molar-refractivity contribution is 4.93. The van der Waals surface area contributed by atoms with Gasteiger partial charge in [-0.25, -0.2) is 0 Å². The maximum Gasteiger partial charge on any atom is 0.0104 e. The number of hydrogen-bond acceptors (Lipinski definition) is 1. The zero-order valence-electron chi connectivity index (χ0n) is 11.6. The second-order valence-electron chi connectivity index (χ2n) is 6.61. The maximum absolute atomic E-state index is 2.85. The highest BCUT2D eigenvalue weighted by Gasteiger charge is 2.38. The van der Waals surface area contributed by atoms with Crippen molar-refractivity contribution < 1.29 is 0 Å². The SMILES string of the molecule is CC(C)C1CC2CCCCC(C1)N2C(C)C. The monoisotopic (exact) mass is 223 g/mol. The van der Waals surface area contributed by atoms with E-state index in [0.717, 1.165) is 30.0 Å². The van der Waals surface area contributed by atoms with E-state index in [4.69, 9.17) is 0 Å². The molecule has 2 bridgehead atoms. The largest absolute Gasteiger partial charge is 0.295 e. The van der Waals surface area contributed by atoms with Crippen LogP contribution in [-0.2, 0) is 0 Å². The van der Waals surface area contributed by atoms with Gasteiger partial charge in [-0.05, 0) is 51.4 Å². The van der Waals surface area contributed by atoms with Crippen LogP contribution >= 0.6 is 0 Å². The second-order valence-corrected chi connectivity index (χ2v) is 6.61. The normalized spacial score (nSPS) is 36.8. The molecule has 2 fully saturated rings. The van der Waals surface area contributed by atoms with E-state index in [9.17, 15) is 0 Å². The van der Waals surface area contributed by atoms with Crippen molar-refractivity contribution in [3.05, 3.63) is 0 Å². The molecule has 2 aliphatic heterocycles. The maximum atomic E-state index is 2.85. The van der Waals surface area contributed by atoms with Gasteiger partial charge in [0.25, 0.3) is 0 Å². The van der Waals surface area contributed by atoms with Gasteiger partial charge in [-0.1, -0.05) is 26.7 Å². The molecule has 16 heavy (non-hydrogen) atoms. The van der Waals surface area contributed by atoms with Crippen molar-refractivity contribution in [3.63, 3.8) is 0 Å². The van der Waals surface area contributed by atoms with E-state index in [1.807, 2.05) is 0 Å². The molecule has 2 heterocycles. The van der Waals surface area contributed by atoms with Crippen molar-refractivity contribution in [1.82, 2.24) is 4.90 Å². The average molecular weight is 223 g/mol. The van der Waals surface area contributed by atoms with E-state index in [0.29, 0.717) is 0 Å². The molecular weight excluding hydrogens is 194 g/mol. The van der Waals surface area contributed by atoms with E-state index in [-0.39, 0.29) is 0 Å². The highest BCUT2D eigenvalue weighted by atomic mass is 15.2. The molecule has 2 rings (SSSR count). The van der Waals surface area contributed by atoms with Gasteiger partial charge in [0.05, 0.1) is 0 Å². The number of fused-ring (bicyclic) bond motifs is 2. The van der Waals surface area contributed by atoms with Gasteiger partial charge in [0, 0.05) is 18.1 Å². The fourth-order valence-corrected chi connectivity index (χ4v) is 4.02. The van der Waals surface area contributed by atoms with Crippen molar-refractivity contribution in [1.29, 1.82) is 0 Å². The lowest BCUT2D eigenvalue weighted by molar-refractivity contribution is 0.0158. The van der Waals surface area contributed by atoms with Crippen molar-refractivity contribution in [2.75, 3.05) is 0 Å². The Labute approximate surface area is 102 Å². The van der Waals surface area contributed by atoms with Crippen molar-refractivity contribution in [2.24, 2.45) is 11.8 Å². The zero-order valence-corrected chi connectivity index (χ0v) is 11.6. The minimum Gasteiger partial charge on any atom is -0.295 e. The van der Waals surface area contributed by atoms with Crippen LogP contribution in [0.2, 0.25) is 0 Å². The van der Waals surface area contributed by atoms with Crippen LogP contribution in [0.4, 0.5) is 0 Å². The molecule has 2 aliphatic rings. The lowest BCUT2D eigenvalue weighted by atomic mass is 9.78. The Balaban J connectivity index is 2.13. The lowest BCUT2D eigenvalue weighted by Crippen LogP contribution is -2.52. The smallest absolute Gasteiger partial charge is 0.0104 e. The van der Waals surface area contributed by atoms with Gasteiger partial charge in [-0.3, -0.25) is 4.90 Å². The Kier molecular flexibility index (Phi) is 3.94. The summed E-state index contributed by atoms with van der Waals surface area (Å²) < 4.78 is 0. The van der Waals surface area contributed by atoms with Crippen LogP contribution in [-0.4, -0.2) is 23.0 Å². The van der Waals surface area contributed by atoms with Gasteiger partial charge in [-0.15, -0.1) is 0 Å². The molecule has 0 saturated carbocycles. The van der Waals surface area contributed by atoms with E-state index in [2.05, 4.69) is 32.6 Å². The van der Waals surface area contributed by atoms with E-state index in [1.54, 1.807) is 0 Å². The Morgan fingerprint density at radius 1 is 0.875 bits per heavy atom. The Morgan fingerprint density at radius 3 is 1.75 bits per heavy atom. The quantitative estimate of drug-likeness (QED) is 0.682. The molecule has 0 aromatic heterocycles. The number of hydrogen-bond donors (Lipinski definition) is 0. The topological polar surface area (TPSA) is 3.24 Å². The van der Waals surface area contributed by atoms with Crippen LogP contribution in [0.15, 0.2) is 0 Å². The standard InChI is InChI=1S/C15H29N/c1-11(2)13-9-14-7-5-6-8-15(10-13)16(14)12(3)4/h11-15H,5-10H2,1-4H3. The summed E-state index contributed by atoms with van der Waals surface area (Å²) in [5.74, 6) is 1.88. The van der Waals surface area contributed by atoms with Crippen LogP contribution in [0.3, 0.4) is 0 Å². The first kappa shape index (κ1) is 12.4. The minimum atomic E-state index is 0.751. The summed E-state index contributed by atoms with van der Waals surface area (Å²) in [6.07, 6.45) is 8.78. The first-order valence-corrected chi connectivity index (χ1v) is 7.37. The molecule has 0 aliphatic carbocycles. The first-order valence-electron chi connectivity index (χ1n) is 7.37. The zero-order chi connectivity index (χ0) is 11.7. The predicted molar refractivity (Wildman–Crippen MR) is 70.6 cm³/mol. The Morgan fingerprint density at radius 2 is 1.38 bits per heavy atom. The van der Waals surface area contributed by atoms with Crippen molar-refractivity contribution in [2.45, 2.75) is 84.3 Å². The van der Waals surface area contributed by atoms with Crippen LogP contribution in [0, 0.1) is 11.8 Å². The molecule has 1 nitrogen and oxygen atoms in total. The van der Waals surface area contributed by atoms with E-state index >= 15 is 0 Å². The predicted octanol–water partition coefficient (Wildman–Crippen LogP) is 4.07. The van der Waals surface area contributed by atoms with Gasteiger partial charge in [0.15, 0.2) is 0 Å². The summed E-state index contributed by atoms with van der Waals surface area (Å²) in [5.41, 5.74) is 0. The summed E-state index contributed by atoms with van der Waals surface area (Å²) in [7, 11) is 0. The molecule has 0 aromatic rings. The first-order chi connectivity index (χ1) is 7.59. The third-order valence-electron chi connectivity index (χ3n) is 4.86. The summed E-state index contributed by atoms with van der Waals surface area (Å²) in [4.78, 5) is 2.85. The molecule has 0 spiro atoms. The van der Waals surface area contributed by atoms with Gasteiger partial charge in [0.2, 0.25) is 0 Å². The van der Waals surface area contributed by atoms with E-state index < -0.39 is 0 Å². The summed E-state index contributed by atoms with van der Waals surface area (Å²) >= 11 is 0. The Hall–Kier alpha value is -0.0400. The van der Waals surface area contributed by atoms with Crippen LogP contribution in [0.5, 0.6) is 0 Å². The summed E-state index contributed by atoms with van der Waals surface area (Å²) in [6, 6.07) is 2.54. The number of rotatable bonds is 2. The third-order valence-corrected chi connectivity index (χ3v) is 4.86. The molecule has 1 heteroatoms. The molecule has 94 valence electrons. The number of nitrogens with zero attached hydrogens (tertiary/aromatic N) is 1. The van der Waals surface area contributed by atoms with Crippen LogP contribution < -0.4 is 0 Å². The minimum absolute atomic E-state index is 0.751. The van der Waals surface area contributed by atoms with Crippen LogP contribution in [0.25, 0.3) is 0 Å². The molecule has 0 aromatic carbocycles. The molecule has 2 unspecified atom stereocenters. The van der Waals surface area contributed by atoms with Gasteiger partial charge >= 0.3 is 0 Å². The Bertz CT molecular complexity index is 205. The lowest BCUT2D eigenvalue weighted by Gasteiger charge is -2.47. The van der Waals surface area contributed by atoms with Crippen molar-refractivity contribution >= 4 is 0 Å². The van der Waals surface area contributed by atoms with Gasteiger partial charge in [-0.2, -0.15) is 0 Å². The molecule has 2 atom stereocenters. The molecule has 0 amide bonds. The molecule has 0 N–H and O–H groups in total. The van der Waals surface area contributed by atoms with Gasteiger partial charge < -0.3 is 0 Å². The molecule has 0 radical (unpaired) electrons. The summed E-state index contributed by atoms with van der Waals surface area (Å²) in [6.45, 7) is 9.62. The number of piperidine rings is 1. The van der Waals surface area contributed by atoms with Crippen molar-refractivity contribution in [3.8, 4) is 0 Å². The van der Waals surface area contributed by atoms with E-state index in [1.165, 1.54) is 38.5 Å².